The summed E-state index contributed by atoms with van der Waals surface area (Å²) in [4.78, 5) is 27.8. The third-order valence-corrected chi connectivity index (χ3v) is 20.9. The van der Waals surface area contributed by atoms with Gasteiger partial charge in [-0.3, -0.25) is 4.79 Å². The van der Waals surface area contributed by atoms with Gasteiger partial charge in [-0.05, 0) is 109 Å². The average Bonchev–Trinajstić information content (AvgIpc) is 3.65. The maximum Gasteiger partial charge on any atom is 0.357 e. The van der Waals surface area contributed by atoms with Crippen LogP contribution in [-0.2, 0) is 47.5 Å². The minimum atomic E-state index is -3.04. The number of fused-ring (bicyclic) bond motifs is 7. The van der Waals surface area contributed by atoms with Crippen LogP contribution in [0.1, 0.15) is 113 Å². The predicted octanol–water partition coefficient (Wildman–Crippen LogP) is -2.02. The first kappa shape index (κ1) is 58.5. The van der Waals surface area contributed by atoms with Crippen LogP contribution in [0.2, 0.25) is 0 Å². The normalized spacial score (nSPS) is 53.8. The molecule has 434 valence electrons. The quantitative estimate of drug-likeness (QED) is 0.0459. The zero-order valence-electron chi connectivity index (χ0n) is 44.2. The highest BCUT2D eigenvalue weighted by Crippen LogP contribution is 2.76. The van der Waals surface area contributed by atoms with Crippen LogP contribution in [0.4, 0.5) is 0 Å². The number of carboxylic acid groups (broad SMARTS) is 1. The van der Waals surface area contributed by atoms with Crippen LogP contribution in [0, 0.1) is 50.2 Å². The molecule has 10 unspecified atom stereocenters. The Morgan fingerprint density at radius 2 is 1.39 bits per heavy atom. The number of aliphatic hydroxyl groups is 13. The number of carboxylic acids is 1. The second-order valence-corrected chi connectivity index (χ2v) is 25.8. The van der Waals surface area contributed by atoms with E-state index in [4.69, 9.17) is 37.9 Å². The van der Waals surface area contributed by atoms with E-state index in [1.165, 1.54) is 0 Å². The summed E-state index contributed by atoms with van der Waals surface area (Å²) >= 11 is 0. The van der Waals surface area contributed by atoms with Gasteiger partial charge in [0.2, 0.25) is 0 Å². The number of aliphatic carboxylic acids is 1. The molecular weight excluding hydrogens is 1010 g/mol. The van der Waals surface area contributed by atoms with Crippen molar-refractivity contribution in [3.63, 3.8) is 0 Å². The molecule has 9 rings (SSSR count). The second kappa shape index (κ2) is 20.1. The molecule has 0 radical (unpaired) electrons. The zero-order chi connectivity index (χ0) is 55.8. The molecule has 5 aliphatic carbocycles. The molecule has 0 spiro atoms. The fourth-order valence-corrected chi connectivity index (χ4v) is 16.1. The number of rotatable bonds is 11. The number of carbonyl (C=O) groups is 2. The van der Waals surface area contributed by atoms with Gasteiger partial charge in [-0.1, -0.05) is 60.1 Å². The first-order valence-corrected chi connectivity index (χ1v) is 26.8. The summed E-state index contributed by atoms with van der Waals surface area (Å²) in [6.07, 6.45) is -22.9. The fraction of sp³-hybridized carbons (Fsp3) is 0.923. The summed E-state index contributed by atoms with van der Waals surface area (Å²) < 4.78 is 46.6. The van der Waals surface area contributed by atoms with Gasteiger partial charge in [0.15, 0.2) is 43.0 Å². The van der Waals surface area contributed by atoms with E-state index in [1.807, 2.05) is 0 Å². The summed E-state index contributed by atoms with van der Waals surface area (Å²) in [5.74, 6) is -5.76. The van der Waals surface area contributed by atoms with E-state index >= 15 is 0 Å². The van der Waals surface area contributed by atoms with E-state index in [2.05, 4.69) is 54.5 Å². The lowest BCUT2D eigenvalue weighted by Crippen LogP contribution is -2.68. The van der Waals surface area contributed by atoms with Crippen LogP contribution in [0.3, 0.4) is 0 Å². The molecule has 9 aliphatic rings. The summed E-state index contributed by atoms with van der Waals surface area (Å²) in [5.41, 5.74) is -4.62. The topological polar surface area (TPSA) is 391 Å². The van der Waals surface area contributed by atoms with E-state index in [1.54, 1.807) is 0 Å². The van der Waals surface area contributed by atoms with Crippen molar-refractivity contribution in [1.82, 2.24) is 0 Å². The van der Waals surface area contributed by atoms with Crippen LogP contribution < -0.4 is 0 Å². The smallest absolute Gasteiger partial charge is 0.357 e. The van der Waals surface area contributed by atoms with Crippen LogP contribution in [0.25, 0.3) is 0 Å². The average molecular weight is 1090 g/mol. The van der Waals surface area contributed by atoms with Crippen molar-refractivity contribution in [3.8, 4) is 0 Å². The molecule has 0 amide bonds. The monoisotopic (exact) mass is 1090 g/mol. The number of esters is 1. The predicted molar refractivity (Wildman–Crippen MR) is 254 cm³/mol. The third-order valence-electron chi connectivity index (χ3n) is 20.9. The van der Waals surface area contributed by atoms with Gasteiger partial charge in [-0.15, -0.1) is 0 Å². The molecule has 0 aromatic heterocycles. The summed E-state index contributed by atoms with van der Waals surface area (Å²) in [7, 11) is 0. The summed E-state index contributed by atoms with van der Waals surface area (Å²) in [6, 6.07) is 0. The van der Waals surface area contributed by atoms with Crippen LogP contribution in [-0.4, -0.2) is 219 Å². The van der Waals surface area contributed by atoms with Gasteiger partial charge in [-0.25, -0.2) is 4.79 Å². The van der Waals surface area contributed by atoms with Gasteiger partial charge in [0, 0.05) is 0 Å². The lowest BCUT2D eigenvalue weighted by Gasteiger charge is -2.71. The number of carbonyl (C=O) groups excluding carboxylic acids is 1. The molecule has 4 saturated carbocycles. The van der Waals surface area contributed by atoms with Crippen molar-refractivity contribution in [2.75, 3.05) is 19.8 Å². The Morgan fingerprint density at radius 3 is 2.05 bits per heavy atom. The van der Waals surface area contributed by atoms with E-state index in [-0.39, 0.29) is 34.0 Å². The molecule has 8 fully saturated rings. The maximum absolute atomic E-state index is 14.8. The number of allylic oxidation sites excluding steroid dienone is 2. The molecule has 24 nitrogen and oxygen atoms in total. The molecule has 26 atom stereocenters. The first-order chi connectivity index (χ1) is 35.3. The Kier molecular flexibility index (Phi) is 15.5. The van der Waals surface area contributed by atoms with Crippen LogP contribution in [0.15, 0.2) is 11.6 Å². The van der Waals surface area contributed by atoms with E-state index in [0.717, 1.165) is 18.4 Å². The first-order valence-electron chi connectivity index (χ1n) is 26.8. The largest absolute Gasteiger partial charge is 0.479 e. The molecular formula is C52H82O24. The standard InChI is InChI=1S/C52H82O24/c1-45(2)14-16-50(43(66)76-52(68)37(61)31(58)30(57)25(19-53)75-52)17-15-48(6)22(23(50)18-45)8-9-27-47(5)12-11-28(46(3,4)26(47)10-13-49(27,48)7)70-42-35(71-41-32(59)29(56)24(55)20-69-41)33(60)34(36(72-42)39(63)64)73-44-51(67,21-54)38(62)40(65)74-44/h8,23-38,40-42,44,53-62,65,67-68H,9-21H2,1-7H3,(H,63,64)/t23-,24+,25?,26?,27?,28-,29+,30+,31?,32-,33?,34-,35-,36?,37-,38-,40?,41?,42+,44?,47-,48+,49+,50-,51?,52+/m0/s1. The Bertz CT molecular complexity index is 2200. The Hall–Kier alpha value is -2.12. The lowest BCUT2D eigenvalue weighted by atomic mass is 9.33. The maximum atomic E-state index is 14.8. The molecule has 0 aromatic rings. The van der Waals surface area contributed by atoms with Crippen LogP contribution >= 0.6 is 0 Å². The van der Waals surface area contributed by atoms with Crippen molar-refractivity contribution in [2.45, 2.75) is 229 Å². The minimum Gasteiger partial charge on any atom is -0.479 e. The van der Waals surface area contributed by atoms with Crippen molar-refractivity contribution in [2.24, 2.45) is 50.2 Å². The van der Waals surface area contributed by atoms with Crippen molar-refractivity contribution >= 4 is 11.9 Å². The molecule has 76 heavy (non-hydrogen) atoms. The zero-order valence-corrected chi connectivity index (χ0v) is 44.2. The van der Waals surface area contributed by atoms with Crippen molar-refractivity contribution in [3.05, 3.63) is 11.6 Å². The Labute approximate surface area is 440 Å². The highest BCUT2D eigenvalue weighted by atomic mass is 16.9. The third kappa shape index (κ3) is 8.95. The molecule has 24 heteroatoms. The second-order valence-electron chi connectivity index (χ2n) is 25.8. The number of hydrogen-bond donors (Lipinski definition) is 14. The van der Waals surface area contributed by atoms with Crippen molar-refractivity contribution in [1.29, 1.82) is 0 Å². The molecule has 4 heterocycles. The van der Waals surface area contributed by atoms with E-state index in [9.17, 15) is 81.1 Å². The molecule has 0 bridgehead atoms. The van der Waals surface area contributed by atoms with Gasteiger partial charge >= 0.3 is 17.9 Å². The van der Waals surface area contributed by atoms with Gasteiger partial charge in [0.25, 0.3) is 0 Å². The minimum absolute atomic E-state index is 0.0196. The van der Waals surface area contributed by atoms with Crippen molar-refractivity contribution < 1.29 is 119 Å². The summed E-state index contributed by atoms with van der Waals surface area (Å²) in [5, 5.41) is 149. The van der Waals surface area contributed by atoms with Gasteiger partial charge in [0.05, 0.1) is 31.3 Å². The lowest BCUT2D eigenvalue weighted by molar-refractivity contribution is -0.436. The number of hydrogen-bond acceptors (Lipinski definition) is 23. The SMILES string of the molecule is CC1(C)CC[C@]2(C(=O)O[C@]3(O)OC(CO)[C@@H](O)C(O)[C@@H]3O)CC[C@]3(C)C(=CCC4[C@@]5(C)CC[C@H](O[C@@H]6OC(C(=O)O)[C@@H](OC7OC(O)[C@H](O)C7(O)CO)C(O)[C@@H]6OC6OC[C@@H](O)[C@@H](O)[C@@H]6O)C(C)(C)C5CC[C@]43C)[C@@H]2C1. The summed E-state index contributed by atoms with van der Waals surface area (Å²) in [6.45, 7) is 12.8. The highest BCUT2D eigenvalue weighted by Gasteiger charge is 2.71. The van der Waals surface area contributed by atoms with Gasteiger partial charge in [0.1, 0.15) is 61.0 Å². The molecule has 0 aromatic carbocycles. The van der Waals surface area contributed by atoms with E-state index < -0.39 is 164 Å². The fourth-order valence-electron chi connectivity index (χ4n) is 16.1. The number of aliphatic hydroxyl groups excluding tert-OH is 11. The van der Waals surface area contributed by atoms with E-state index in [0.29, 0.717) is 51.4 Å². The Balaban J connectivity index is 0.987. The van der Waals surface area contributed by atoms with Gasteiger partial charge < -0.3 is 109 Å². The highest BCUT2D eigenvalue weighted by molar-refractivity contribution is 5.79. The Morgan fingerprint density at radius 1 is 0.711 bits per heavy atom. The molecule has 4 aliphatic heterocycles. The van der Waals surface area contributed by atoms with Crippen LogP contribution in [0.5, 0.6) is 0 Å². The van der Waals surface area contributed by atoms with Gasteiger partial charge in [-0.2, -0.15) is 0 Å². The molecule has 4 saturated heterocycles. The number of ether oxygens (including phenoxy) is 8. The molecule has 14 N–H and O–H groups in total.